The van der Waals surface area contributed by atoms with Crippen molar-refractivity contribution < 1.29 is 14.6 Å². The lowest BCUT2D eigenvalue weighted by molar-refractivity contribution is 0.0694. The number of halogens is 1. The molecule has 2 aromatic rings. The van der Waals surface area contributed by atoms with Gasteiger partial charge in [-0.15, -0.1) is 0 Å². The van der Waals surface area contributed by atoms with Crippen molar-refractivity contribution in [2.45, 2.75) is 20.3 Å². The first kappa shape index (κ1) is 14.3. The lowest BCUT2D eigenvalue weighted by Gasteiger charge is -2.12. The van der Waals surface area contributed by atoms with Crippen LogP contribution in [-0.2, 0) is 6.42 Å². The van der Waals surface area contributed by atoms with Crippen molar-refractivity contribution in [2.75, 3.05) is 0 Å². The molecule has 0 amide bonds. The van der Waals surface area contributed by atoms with Crippen molar-refractivity contribution in [1.82, 2.24) is 4.98 Å². The Labute approximate surface area is 122 Å². The zero-order valence-corrected chi connectivity index (χ0v) is 11.9. The second kappa shape index (κ2) is 5.92. The maximum atomic E-state index is 11.2. The molecule has 0 saturated heterocycles. The number of carboxylic acid groups (broad SMARTS) is 1. The summed E-state index contributed by atoms with van der Waals surface area (Å²) in [6, 6.07) is 8.04. The Bertz CT molecular complexity index is 656. The molecule has 1 aromatic carbocycles. The van der Waals surface area contributed by atoms with Gasteiger partial charge in [-0.3, -0.25) is 4.98 Å². The predicted octanol–water partition coefficient (Wildman–Crippen LogP) is 4.10. The average Bonchev–Trinajstić information content (AvgIpc) is 2.40. The summed E-state index contributed by atoms with van der Waals surface area (Å²) < 4.78 is 5.70. The number of aromatic nitrogens is 1. The van der Waals surface area contributed by atoms with Crippen LogP contribution < -0.4 is 4.74 Å². The summed E-state index contributed by atoms with van der Waals surface area (Å²) >= 11 is 5.90. The molecule has 20 heavy (non-hydrogen) atoms. The Hall–Kier alpha value is -2.07. The SMILES string of the molecule is CCc1nc(C)ccc1Oc1cc(Cl)ccc1C(=O)O. The predicted molar refractivity (Wildman–Crippen MR) is 76.8 cm³/mol. The molecule has 0 aliphatic heterocycles. The average molecular weight is 292 g/mol. The first-order valence-electron chi connectivity index (χ1n) is 6.18. The van der Waals surface area contributed by atoms with Crippen LogP contribution in [0, 0.1) is 6.92 Å². The van der Waals surface area contributed by atoms with Gasteiger partial charge in [0, 0.05) is 16.8 Å². The van der Waals surface area contributed by atoms with E-state index in [9.17, 15) is 4.79 Å². The number of hydrogen-bond acceptors (Lipinski definition) is 3. The normalized spacial score (nSPS) is 10.3. The van der Waals surface area contributed by atoms with Gasteiger partial charge in [0.05, 0.1) is 5.69 Å². The van der Waals surface area contributed by atoms with E-state index < -0.39 is 5.97 Å². The van der Waals surface area contributed by atoms with Gasteiger partial charge in [-0.2, -0.15) is 0 Å². The quantitative estimate of drug-likeness (QED) is 0.921. The number of rotatable bonds is 4. The van der Waals surface area contributed by atoms with Crippen molar-refractivity contribution in [2.24, 2.45) is 0 Å². The topological polar surface area (TPSA) is 59.4 Å². The summed E-state index contributed by atoms with van der Waals surface area (Å²) in [5.74, 6) is -0.303. The highest BCUT2D eigenvalue weighted by atomic mass is 35.5. The third kappa shape index (κ3) is 3.08. The van der Waals surface area contributed by atoms with E-state index in [2.05, 4.69) is 4.98 Å². The number of nitrogens with zero attached hydrogens (tertiary/aromatic N) is 1. The van der Waals surface area contributed by atoms with Gasteiger partial charge >= 0.3 is 5.97 Å². The summed E-state index contributed by atoms with van der Waals surface area (Å²) in [5, 5.41) is 9.59. The molecule has 0 aliphatic carbocycles. The molecule has 0 radical (unpaired) electrons. The molecule has 1 N–H and O–H groups in total. The van der Waals surface area contributed by atoms with Gasteiger partial charge in [0.15, 0.2) is 0 Å². The fraction of sp³-hybridized carbons (Fsp3) is 0.200. The van der Waals surface area contributed by atoms with Crippen molar-refractivity contribution in [1.29, 1.82) is 0 Å². The zero-order chi connectivity index (χ0) is 14.7. The molecule has 0 unspecified atom stereocenters. The highest BCUT2D eigenvalue weighted by molar-refractivity contribution is 6.30. The van der Waals surface area contributed by atoms with E-state index in [1.165, 1.54) is 18.2 Å². The molecule has 1 heterocycles. The first-order valence-corrected chi connectivity index (χ1v) is 6.56. The standard InChI is InChI=1S/C15H14ClNO3/c1-3-12-13(7-4-9(2)17-12)20-14-8-10(16)5-6-11(14)15(18)19/h4-8H,3H2,1-2H3,(H,18,19). The molecule has 0 atom stereocenters. The van der Waals surface area contributed by atoms with Crippen LogP contribution in [0.15, 0.2) is 30.3 Å². The van der Waals surface area contributed by atoms with E-state index in [4.69, 9.17) is 21.4 Å². The molecule has 0 fully saturated rings. The lowest BCUT2D eigenvalue weighted by Crippen LogP contribution is -2.02. The summed E-state index contributed by atoms with van der Waals surface area (Å²) in [6.07, 6.45) is 0.694. The smallest absolute Gasteiger partial charge is 0.339 e. The van der Waals surface area contributed by atoms with Crippen molar-refractivity contribution in [3.05, 3.63) is 52.3 Å². The van der Waals surface area contributed by atoms with E-state index in [1.54, 1.807) is 6.07 Å². The number of aryl methyl sites for hydroxylation is 2. The van der Waals surface area contributed by atoms with Crippen molar-refractivity contribution in [3.8, 4) is 11.5 Å². The van der Waals surface area contributed by atoms with Crippen molar-refractivity contribution in [3.63, 3.8) is 0 Å². The molecule has 0 aliphatic rings. The van der Waals surface area contributed by atoms with Crippen molar-refractivity contribution >= 4 is 17.6 Å². The van der Waals surface area contributed by atoms with Crippen LogP contribution in [0.1, 0.15) is 28.7 Å². The number of ether oxygens (including phenoxy) is 1. The molecule has 0 spiro atoms. The molecule has 4 nitrogen and oxygen atoms in total. The van der Waals surface area contributed by atoms with Gasteiger partial charge in [-0.05, 0) is 37.6 Å². The maximum absolute atomic E-state index is 11.2. The van der Waals surface area contributed by atoms with Crippen LogP contribution >= 0.6 is 11.6 Å². The van der Waals surface area contributed by atoms with Crippen LogP contribution in [0.4, 0.5) is 0 Å². The highest BCUT2D eigenvalue weighted by Gasteiger charge is 2.14. The van der Waals surface area contributed by atoms with Gasteiger partial charge < -0.3 is 9.84 Å². The number of hydrogen-bond donors (Lipinski definition) is 1. The Morgan fingerprint density at radius 1 is 1.30 bits per heavy atom. The van der Waals surface area contributed by atoms with Crippen LogP contribution in [0.5, 0.6) is 11.5 Å². The van der Waals surface area contributed by atoms with Gasteiger partial charge in [0.25, 0.3) is 0 Å². The Balaban J connectivity index is 2.44. The second-order valence-electron chi connectivity index (χ2n) is 4.30. The first-order chi connectivity index (χ1) is 9.51. The molecule has 2 rings (SSSR count). The van der Waals surface area contributed by atoms with Crippen LogP contribution in [0.2, 0.25) is 5.02 Å². The number of benzene rings is 1. The van der Waals surface area contributed by atoms with Crippen LogP contribution in [0.25, 0.3) is 0 Å². The molecule has 1 aromatic heterocycles. The Morgan fingerprint density at radius 2 is 2.05 bits per heavy atom. The summed E-state index contributed by atoms with van der Waals surface area (Å²) in [5.41, 5.74) is 1.73. The minimum atomic E-state index is -1.06. The fourth-order valence-corrected chi connectivity index (χ4v) is 1.98. The second-order valence-corrected chi connectivity index (χ2v) is 4.74. The monoisotopic (exact) mass is 291 g/mol. The van der Waals surface area contributed by atoms with Gasteiger partial charge in [-0.25, -0.2) is 4.79 Å². The summed E-state index contributed by atoms with van der Waals surface area (Å²) in [4.78, 5) is 15.6. The summed E-state index contributed by atoms with van der Waals surface area (Å²) in [6.45, 7) is 3.86. The lowest BCUT2D eigenvalue weighted by atomic mass is 10.2. The molecular weight excluding hydrogens is 278 g/mol. The van der Waals surface area contributed by atoms with E-state index in [-0.39, 0.29) is 11.3 Å². The molecule has 5 heteroatoms. The van der Waals surface area contributed by atoms with E-state index >= 15 is 0 Å². The van der Waals surface area contributed by atoms with E-state index in [1.807, 2.05) is 19.9 Å². The molecule has 0 bridgehead atoms. The van der Waals surface area contributed by atoms with Gasteiger partial charge in [0.2, 0.25) is 0 Å². The minimum Gasteiger partial charge on any atom is -0.478 e. The van der Waals surface area contributed by atoms with E-state index in [0.717, 1.165) is 11.4 Å². The number of aromatic carboxylic acids is 1. The highest BCUT2D eigenvalue weighted by Crippen LogP contribution is 2.30. The maximum Gasteiger partial charge on any atom is 0.339 e. The Morgan fingerprint density at radius 3 is 2.70 bits per heavy atom. The molecule has 104 valence electrons. The number of pyridine rings is 1. The molecular formula is C15H14ClNO3. The van der Waals surface area contributed by atoms with Crippen LogP contribution in [0.3, 0.4) is 0 Å². The summed E-state index contributed by atoms with van der Waals surface area (Å²) in [7, 11) is 0. The molecule has 0 saturated carbocycles. The number of carboxylic acids is 1. The minimum absolute atomic E-state index is 0.0667. The van der Waals surface area contributed by atoms with Crippen LogP contribution in [-0.4, -0.2) is 16.1 Å². The Kier molecular flexibility index (Phi) is 4.25. The fourth-order valence-electron chi connectivity index (χ4n) is 1.82. The third-order valence-corrected chi connectivity index (χ3v) is 3.04. The van der Waals surface area contributed by atoms with Gasteiger partial charge in [0.1, 0.15) is 17.1 Å². The van der Waals surface area contributed by atoms with E-state index in [0.29, 0.717) is 17.2 Å². The largest absolute Gasteiger partial charge is 0.478 e. The zero-order valence-electron chi connectivity index (χ0n) is 11.2. The van der Waals surface area contributed by atoms with Gasteiger partial charge in [-0.1, -0.05) is 18.5 Å². The third-order valence-electron chi connectivity index (χ3n) is 2.80. The number of carbonyl (C=O) groups is 1.